The Labute approximate surface area is 290 Å². The van der Waals surface area contributed by atoms with Gasteiger partial charge >= 0.3 is 18.3 Å². The molecule has 5 rings (SSSR count). The van der Waals surface area contributed by atoms with Crippen LogP contribution in [0.15, 0.2) is 36.0 Å². The summed E-state index contributed by atoms with van der Waals surface area (Å²) in [4.78, 5) is 33.0. The van der Waals surface area contributed by atoms with Crippen LogP contribution in [0.25, 0.3) is 22.0 Å². The van der Waals surface area contributed by atoms with Gasteiger partial charge in [-0.1, -0.05) is 0 Å². The number of rotatable bonds is 10. The quantitative estimate of drug-likeness (QED) is 0.154. The number of carboxylic acid groups (broad SMARTS) is 1. The number of nitrogens with zero attached hydrogens (tertiary/aromatic N) is 4. The highest BCUT2D eigenvalue weighted by atomic mass is 32.2. The fraction of sp³-hybridized carbons (Fsp3) is 0.414. The van der Waals surface area contributed by atoms with Crippen molar-refractivity contribution in [3.63, 3.8) is 0 Å². The molecule has 0 spiro atoms. The first-order chi connectivity index (χ1) is 23.7. The summed E-state index contributed by atoms with van der Waals surface area (Å²) < 4.78 is 107. The molecule has 0 saturated carbocycles. The zero-order chi connectivity index (χ0) is 37.7. The highest BCUT2D eigenvalue weighted by Gasteiger charge is 2.38. The molecule has 4 heterocycles. The number of ether oxygens (including phenoxy) is 2. The number of carbonyl (C=O) groups is 2. The lowest BCUT2D eigenvalue weighted by Crippen LogP contribution is -2.44. The molecule has 2 atom stereocenters. The van der Waals surface area contributed by atoms with Gasteiger partial charge in [-0.2, -0.15) is 31.4 Å². The Hall–Kier alpha value is -4.54. The van der Waals surface area contributed by atoms with Crippen molar-refractivity contribution in [2.45, 2.75) is 51.4 Å². The maximum atomic E-state index is 13.2. The summed E-state index contributed by atoms with van der Waals surface area (Å²) in [5.41, 5.74) is 2.00. The Bertz CT molecular complexity index is 1960. The van der Waals surface area contributed by atoms with E-state index in [0.29, 0.717) is 34.3 Å². The largest absolute Gasteiger partial charge is 0.490 e. The Morgan fingerprint density at radius 3 is 2.33 bits per heavy atom. The smallest absolute Gasteiger partial charge is 0.480 e. The number of sulfonamides is 1. The average molecular weight is 768 g/mol. The van der Waals surface area contributed by atoms with Crippen LogP contribution in [-0.4, -0.2) is 101 Å². The number of benzene rings is 1. The predicted molar refractivity (Wildman–Crippen MR) is 173 cm³/mol. The van der Waals surface area contributed by atoms with E-state index in [1.54, 1.807) is 23.7 Å². The summed E-state index contributed by atoms with van der Waals surface area (Å²) in [7, 11) is -3.12. The van der Waals surface area contributed by atoms with E-state index in [4.69, 9.17) is 19.4 Å². The summed E-state index contributed by atoms with van der Waals surface area (Å²) in [5.74, 6) is -4.47. The molecular weight excluding hydrogens is 736 g/mol. The number of carboxylic acids is 1. The summed E-state index contributed by atoms with van der Waals surface area (Å²) in [5, 5.41) is 20.0. The molecule has 3 aromatic heterocycles. The first-order valence-corrected chi connectivity index (χ1v) is 17.3. The van der Waals surface area contributed by atoms with E-state index in [1.165, 1.54) is 30.7 Å². The van der Waals surface area contributed by atoms with Crippen LogP contribution in [0.2, 0.25) is 0 Å². The second-order valence-corrected chi connectivity index (χ2v) is 14.0. The number of hydrogen-bond donors (Lipinski definition) is 4. The van der Waals surface area contributed by atoms with Crippen molar-refractivity contribution >= 4 is 55.5 Å². The van der Waals surface area contributed by atoms with Gasteiger partial charge in [0.1, 0.15) is 16.4 Å². The predicted octanol–water partition coefficient (Wildman–Crippen LogP) is 5.28. The summed E-state index contributed by atoms with van der Waals surface area (Å²) in [6, 6.07) is 4.76. The number of carbonyl (C=O) groups excluding carboxylic acids is 1. The van der Waals surface area contributed by atoms with Crippen LogP contribution in [0, 0.1) is 0 Å². The highest BCUT2D eigenvalue weighted by Crippen LogP contribution is 2.34. The second-order valence-electron chi connectivity index (χ2n) is 11.3. The molecule has 278 valence electrons. The molecule has 4 aromatic rings. The molecule has 0 radical (unpaired) electrons. The number of alkyl halides is 6. The first-order valence-electron chi connectivity index (χ1n) is 14.8. The molecule has 4 N–H and O–H groups in total. The standard InChI is InChI=1S/C27H30F3N7O5S2.C2HF3O2/c1-15-11-37(12-16(2)42-15)13-24-33-23(14-43-24)25(38)34-20-6-17(7-21-19(20)10-32-35-21)18-8-22(26(41-3)31-9-18)36-44(39,40)5-4-27(28,29)30;3-2(4,5)1(6)7/h6-10,14-16,36H,4-5,11-13H2,1-3H3,(H,32,35)(H,34,38);(H,6,7)/t15-,16+;. The van der Waals surface area contributed by atoms with Gasteiger partial charge < -0.3 is 19.9 Å². The van der Waals surface area contributed by atoms with Crippen molar-refractivity contribution in [3.8, 4) is 17.0 Å². The molecule has 22 heteroatoms. The number of thiazole rings is 1. The Morgan fingerprint density at radius 1 is 1.08 bits per heavy atom. The molecular formula is C29H31F6N7O7S2. The van der Waals surface area contributed by atoms with E-state index >= 15 is 0 Å². The number of fused-ring (bicyclic) bond motifs is 1. The van der Waals surface area contributed by atoms with Crippen LogP contribution in [0.5, 0.6) is 5.88 Å². The zero-order valence-corrected chi connectivity index (χ0v) is 28.6. The van der Waals surface area contributed by atoms with Gasteiger partial charge in [0, 0.05) is 35.6 Å². The van der Waals surface area contributed by atoms with Gasteiger partial charge in [0.15, 0.2) is 0 Å². The Morgan fingerprint density at radius 2 is 1.73 bits per heavy atom. The topological polar surface area (TPSA) is 189 Å². The highest BCUT2D eigenvalue weighted by molar-refractivity contribution is 7.92. The molecule has 1 aromatic carbocycles. The number of anilines is 2. The third kappa shape index (κ3) is 11.2. The first kappa shape index (κ1) is 39.2. The molecule has 1 saturated heterocycles. The second kappa shape index (κ2) is 15.8. The van der Waals surface area contributed by atoms with Gasteiger partial charge in [-0.15, -0.1) is 11.3 Å². The van der Waals surface area contributed by atoms with E-state index in [-0.39, 0.29) is 29.5 Å². The number of nitrogens with one attached hydrogen (secondary N) is 3. The fourth-order valence-electron chi connectivity index (χ4n) is 4.91. The molecule has 0 unspecified atom stereocenters. The molecule has 1 aliphatic rings. The number of H-pyrrole nitrogens is 1. The number of morpholine rings is 1. The minimum atomic E-state index is -5.08. The molecule has 51 heavy (non-hydrogen) atoms. The zero-order valence-electron chi connectivity index (χ0n) is 26.9. The fourth-order valence-corrected chi connectivity index (χ4v) is 6.81. The minimum absolute atomic E-state index is 0.109. The summed E-state index contributed by atoms with van der Waals surface area (Å²) in [6.07, 6.45) is -8.05. The normalized spacial score (nSPS) is 17.0. The van der Waals surface area contributed by atoms with Crippen LogP contribution < -0.4 is 14.8 Å². The van der Waals surface area contributed by atoms with Crippen LogP contribution in [0.1, 0.15) is 35.8 Å². The van der Waals surface area contributed by atoms with Gasteiger partial charge in [0.2, 0.25) is 15.9 Å². The monoisotopic (exact) mass is 767 g/mol. The van der Waals surface area contributed by atoms with Crippen molar-refractivity contribution in [2.24, 2.45) is 0 Å². The number of aliphatic carboxylic acids is 1. The van der Waals surface area contributed by atoms with E-state index in [0.717, 1.165) is 18.1 Å². The lowest BCUT2D eigenvalue weighted by molar-refractivity contribution is -0.192. The van der Waals surface area contributed by atoms with Crippen LogP contribution in [-0.2, 0) is 26.1 Å². The Balaban J connectivity index is 0.000000755. The lowest BCUT2D eigenvalue weighted by Gasteiger charge is -2.34. The average Bonchev–Trinajstić information content (AvgIpc) is 3.69. The molecule has 1 fully saturated rings. The van der Waals surface area contributed by atoms with Crippen molar-refractivity contribution in [2.75, 3.05) is 36.0 Å². The van der Waals surface area contributed by atoms with Crippen molar-refractivity contribution in [1.29, 1.82) is 0 Å². The van der Waals surface area contributed by atoms with E-state index in [9.17, 15) is 39.6 Å². The number of methoxy groups -OCH3 is 1. The SMILES string of the molecule is COc1ncc(-c2cc(NC(=O)c3csc(CN4C[C@@H](C)O[C@@H](C)C4)n3)c3cn[nH]c3c2)cc1NS(=O)(=O)CCC(F)(F)F.O=C(O)C(F)(F)F. The third-order valence-electron chi connectivity index (χ3n) is 6.99. The van der Waals surface area contributed by atoms with E-state index < -0.39 is 46.4 Å². The molecule has 14 nitrogen and oxygen atoms in total. The molecule has 1 amide bonds. The number of aromatic amines is 1. The van der Waals surface area contributed by atoms with Gasteiger partial charge in [0.05, 0.1) is 55.4 Å². The number of halogens is 6. The van der Waals surface area contributed by atoms with Crippen LogP contribution in [0.4, 0.5) is 37.7 Å². The number of hydrogen-bond acceptors (Lipinski definition) is 11. The summed E-state index contributed by atoms with van der Waals surface area (Å²) in [6.45, 7) is 6.19. The molecule has 1 aliphatic heterocycles. The van der Waals surface area contributed by atoms with Crippen LogP contribution >= 0.6 is 11.3 Å². The van der Waals surface area contributed by atoms with Crippen LogP contribution in [0.3, 0.4) is 0 Å². The van der Waals surface area contributed by atoms with Gasteiger partial charge in [0.25, 0.3) is 5.91 Å². The lowest BCUT2D eigenvalue weighted by atomic mass is 10.0. The van der Waals surface area contributed by atoms with Gasteiger partial charge in [-0.3, -0.25) is 19.5 Å². The van der Waals surface area contributed by atoms with Crippen molar-refractivity contribution in [3.05, 3.63) is 46.7 Å². The van der Waals surface area contributed by atoms with Crippen molar-refractivity contribution < 1.29 is 58.9 Å². The third-order valence-corrected chi connectivity index (χ3v) is 9.09. The van der Waals surface area contributed by atoms with E-state index in [2.05, 4.69) is 35.1 Å². The Kier molecular flexibility index (Phi) is 12.1. The van der Waals surface area contributed by atoms with Crippen molar-refractivity contribution in [1.82, 2.24) is 25.1 Å². The molecule has 0 bridgehead atoms. The maximum absolute atomic E-state index is 13.2. The maximum Gasteiger partial charge on any atom is 0.490 e. The molecule has 0 aliphatic carbocycles. The van der Waals surface area contributed by atoms with E-state index in [1.807, 2.05) is 13.8 Å². The number of pyridine rings is 1. The number of amides is 1. The van der Waals surface area contributed by atoms with Gasteiger partial charge in [-0.25, -0.2) is 23.2 Å². The van der Waals surface area contributed by atoms with Gasteiger partial charge in [-0.05, 0) is 37.6 Å². The number of aromatic nitrogens is 4. The summed E-state index contributed by atoms with van der Waals surface area (Å²) >= 11 is 1.39. The minimum Gasteiger partial charge on any atom is -0.480 e.